The van der Waals surface area contributed by atoms with E-state index < -0.39 is 0 Å². The smallest absolute Gasteiger partial charge is 0.146 e. The van der Waals surface area contributed by atoms with E-state index in [-0.39, 0.29) is 12.3 Å². The molecule has 0 unspecified atom stereocenters. The van der Waals surface area contributed by atoms with Crippen LogP contribution < -0.4 is 0 Å². The normalized spacial score (nSPS) is 12.5. The quantitative estimate of drug-likeness (QED) is 0.386. The van der Waals surface area contributed by atoms with Gasteiger partial charge in [-0.2, -0.15) is 0 Å². The molecule has 0 aromatic carbocycles. The summed E-state index contributed by atoms with van der Waals surface area (Å²) in [5.74, 6) is 0. The molecule has 0 aliphatic heterocycles. The summed E-state index contributed by atoms with van der Waals surface area (Å²) in [7, 11) is 1.56. The molecule has 3 nitrogen and oxygen atoms in total. The second-order valence-electron chi connectivity index (χ2n) is 2.80. The highest BCUT2D eigenvalue weighted by Gasteiger charge is 2.24. The molecule has 0 aliphatic rings. The Morgan fingerprint density at radius 3 is 2.27 bits per heavy atom. The molecule has 0 spiro atoms. The van der Waals surface area contributed by atoms with Gasteiger partial charge in [-0.1, -0.05) is 0 Å². The van der Waals surface area contributed by atoms with Crippen molar-refractivity contribution in [2.75, 3.05) is 20.5 Å². The van der Waals surface area contributed by atoms with Gasteiger partial charge >= 0.3 is 0 Å². The molecule has 0 saturated heterocycles. The lowest BCUT2D eigenvalue weighted by Gasteiger charge is -2.26. The molecule has 0 rings (SSSR count). The Morgan fingerprint density at radius 2 is 1.91 bits per heavy atom. The molecule has 0 fully saturated rings. The molecule has 11 heavy (non-hydrogen) atoms. The Morgan fingerprint density at radius 1 is 1.36 bits per heavy atom. The molecule has 68 valence electrons. The zero-order chi connectivity index (χ0) is 8.91. The summed E-state index contributed by atoms with van der Waals surface area (Å²) in [5.41, 5.74) is -0.387. The first-order valence-corrected chi connectivity index (χ1v) is 3.87. The molecule has 0 aromatic rings. The van der Waals surface area contributed by atoms with Crippen molar-refractivity contribution in [1.29, 1.82) is 0 Å². The van der Waals surface area contributed by atoms with E-state index >= 15 is 0 Å². The highest BCUT2D eigenvalue weighted by atomic mass is 35.5. The first-order valence-electron chi connectivity index (χ1n) is 3.19. The Bertz CT molecular complexity index is 109. The monoisotopic (exact) mass is 201 g/mol. The summed E-state index contributed by atoms with van der Waals surface area (Å²) < 4.78 is 10.8. The van der Waals surface area contributed by atoms with E-state index in [4.69, 9.17) is 33.0 Å². The van der Waals surface area contributed by atoms with Crippen molar-refractivity contribution in [2.24, 2.45) is 0 Å². The van der Waals surface area contributed by atoms with Crippen LogP contribution in [0.3, 0.4) is 0 Å². The van der Waals surface area contributed by atoms with Gasteiger partial charge in [-0.25, -0.2) is 0 Å². The number of nitrogens with zero attached hydrogens (tertiary/aromatic N) is 1. The van der Waals surface area contributed by atoms with Crippen molar-refractivity contribution in [3.05, 3.63) is 0 Å². The van der Waals surface area contributed by atoms with E-state index in [9.17, 15) is 0 Å². The van der Waals surface area contributed by atoms with Crippen molar-refractivity contribution in [1.82, 2.24) is 3.94 Å². The molecule has 0 heterocycles. The molecular weight excluding hydrogens is 189 g/mol. The van der Waals surface area contributed by atoms with E-state index in [1.165, 1.54) is 0 Å². The maximum atomic E-state index is 5.53. The third kappa shape index (κ3) is 4.82. The summed E-state index contributed by atoms with van der Waals surface area (Å²) in [6, 6.07) is 0. The van der Waals surface area contributed by atoms with Crippen LogP contribution in [0.1, 0.15) is 13.8 Å². The standard InChI is InChI=1S/C6H13Cl2NO2/c1-6(2,9(7)8)4-11-5-10-3/h4-5H2,1-3H3. The Hall–Kier alpha value is 0.460. The fraction of sp³-hybridized carbons (Fsp3) is 1.00. The van der Waals surface area contributed by atoms with Crippen LogP contribution in [0.25, 0.3) is 0 Å². The SMILES string of the molecule is COCOCC(C)(C)N(Cl)Cl. The minimum Gasteiger partial charge on any atom is -0.359 e. The minimum atomic E-state index is -0.387. The molecule has 0 bridgehead atoms. The van der Waals surface area contributed by atoms with E-state index in [2.05, 4.69) is 0 Å². The third-order valence-corrected chi connectivity index (χ3v) is 2.03. The van der Waals surface area contributed by atoms with Gasteiger partial charge in [0.15, 0.2) is 0 Å². The summed E-state index contributed by atoms with van der Waals surface area (Å²) in [4.78, 5) is 0. The maximum Gasteiger partial charge on any atom is 0.146 e. The van der Waals surface area contributed by atoms with Crippen molar-refractivity contribution in [2.45, 2.75) is 19.4 Å². The fourth-order valence-electron chi connectivity index (χ4n) is 0.424. The highest BCUT2D eigenvalue weighted by molar-refractivity contribution is 6.34. The van der Waals surface area contributed by atoms with Crippen LogP contribution in [-0.2, 0) is 9.47 Å². The Kier molecular flexibility index (Phi) is 5.38. The van der Waals surface area contributed by atoms with Gasteiger partial charge in [0.25, 0.3) is 0 Å². The first kappa shape index (κ1) is 11.5. The van der Waals surface area contributed by atoms with Crippen molar-refractivity contribution < 1.29 is 9.47 Å². The maximum absolute atomic E-state index is 5.53. The van der Waals surface area contributed by atoms with Gasteiger partial charge in [-0.15, -0.1) is 3.94 Å². The second kappa shape index (κ2) is 5.17. The van der Waals surface area contributed by atoms with E-state index in [1.54, 1.807) is 7.11 Å². The van der Waals surface area contributed by atoms with Gasteiger partial charge in [0.1, 0.15) is 6.79 Å². The van der Waals surface area contributed by atoms with E-state index in [0.717, 1.165) is 3.94 Å². The van der Waals surface area contributed by atoms with Gasteiger partial charge in [0, 0.05) is 7.11 Å². The summed E-state index contributed by atoms with van der Waals surface area (Å²) in [6.45, 7) is 4.41. The van der Waals surface area contributed by atoms with Gasteiger partial charge in [0.05, 0.1) is 12.1 Å². The number of ether oxygens (including phenoxy) is 2. The number of hydrogen-bond acceptors (Lipinski definition) is 3. The van der Waals surface area contributed by atoms with Gasteiger partial charge < -0.3 is 9.47 Å². The number of hydrogen-bond donors (Lipinski definition) is 0. The zero-order valence-electron chi connectivity index (χ0n) is 6.93. The van der Waals surface area contributed by atoms with Crippen LogP contribution in [0.2, 0.25) is 0 Å². The molecule has 0 radical (unpaired) electrons. The van der Waals surface area contributed by atoms with Crippen LogP contribution in [-0.4, -0.2) is 30.0 Å². The Labute approximate surface area is 77.4 Å². The third-order valence-electron chi connectivity index (χ3n) is 1.11. The summed E-state index contributed by atoms with van der Waals surface area (Å²) in [6.07, 6.45) is 0. The number of halogens is 2. The average molecular weight is 202 g/mol. The predicted octanol–water partition coefficient (Wildman–Crippen LogP) is 2.00. The van der Waals surface area contributed by atoms with Crippen LogP contribution in [0, 0.1) is 0 Å². The molecule has 0 aromatic heterocycles. The number of methoxy groups -OCH3 is 1. The van der Waals surface area contributed by atoms with Crippen LogP contribution in [0.15, 0.2) is 0 Å². The molecule has 0 atom stereocenters. The average Bonchev–Trinajstić information content (AvgIpc) is 1.88. The van der Waals surface area contributed by atoms with Crippen molar-refractivity contribution in [3.63, 3.8) is 0 Å². The molecule has 0 amide bonds. The molecular formula is C6H13Cl2NO2. The van der Waals surface area contributed by atoms with Gasteiger partial charge in [0.2, 0.25) is 0 Å². The topological polar surface area (TPSA) is 21.7 Å². The molecule has 0 N–H and O–H groups in total. The van der Waals surface area contributed by atoms with E-state index in [0.29, 0.717) is 6.61 Å². The van der Waals surface area contributed by atoms with E-state index in [1.807, 2.05) is 13.8 Å². The lowest BCUT2D eigenvalue weighted by molar-refractivity contribution is -0.0523. The molecule has 0 saturated carbocycles. The number of rotatable bonds is 5. The first-order chi connectivity index (χ1) is 5.00. The lowest BCUT2D eigenvalue weighted by atomic mass is 10.1. The predicted molar refractivity (Wildman–Crippen MR) is 45.5 cm³/mol. The van der Waals surface area contributed by atoms with Crippen LogP contribution in [0.4, 0.5) is 0 Å². The molecule has 0 aliphatic carbocycles. The summed E-state index contributed by atoms with van der Waals surface area (Å²) >= 11 is 11.1. The zero-order valence-corrected chi connectivity index (χ0v) is 8.45. The van der Waals surface area contributed by atoms with Crippen molar-refractivity contribution >= 4 is 23.6 Å². The fourth-order valence-corrected chi connectivity index (χ4v) is 0.521. The molecule has 5 heteroatoms. The largest absolute Gasteiger partial charge is 0.359 e. The Balaban J connectivity index is 3.55. The van der Waals surface area contributed by atoms with Gasteiger partial charge in [-0.3, -0.25) is 0 Å². The highest BCUT2D eigenvalue weighted by Crippen LogP contribution is 2.19. The van der Waals surface area contributed by atoms with Crippen LogP contribution >= 0.6 is 23.6 Å². The van der Waals surface area contributed by atoms with Crippen LogP contribution in [0.5, 0.6) is 0 Å². The second-order valence-corrected chi connectivity index (χ2v) is 3.65. The van der Waals surface area contributed by atoms with Gasteiger partial charge in [-0.05, 0) is 37.4 Å². The summed E-state index contributed by atoms with van der Waals surface area (Å²) in [5, 5.41) is 0. The minimum absolute atomic E-state index is 0.255. The lowest BCUT2D eigenvalue weighted by Crippen LogP contribution is -2.36. The van der Waals surface area contributed by atoms with Crippen molar-refractivity contribution in [3.8, 4) is 0 Å².